The molecule has 3 atom stereocenters. The fraction of sp³-hybridized carbons (Fsp3) is 0.350. The molecule has 2 aromatic heterocycles. The number of aliphatic hydroxyl groups is 1. The van der Waals surface area contributed by atoms with Crippen LogP contribution in [0, 0.1) is 0 Å². The van der Waals surface area contributed by atoms with Gasteiger partial charge in [0.25, 0.3) is 0 Å². The SMILES string of the molecule is CC1C(Nc2ccc(Cl)cn2)CCCN1C(O)c1ccccc1-n1nccn1. The van der Waals surface area contributed by atoms with Crippen molar-refractivity contribution < 1.29 is 5.11 Å². The minimum atomic E-state index is -0.750. The number of halogens is 1. The van der Waals surface area contributed by atoms with Crippen LogP contribution in [0.3, 0.4) is 0 Å². The van der Waals surface area contributed by atoms with Gasteiger partial charge in [0.05, 0.1) is 23.1 Å². The first-order valence-corrected chi connectivity index (χ1v) is 9.79. The lowest BCUT2D eigenvalue weighted by atomic mass is 9.95. The molecule has 1 aromatic carbocycles. The highest BCUT2D eigenvalue weighted by atomic mass is 35.5. The van der Waals surface area contributed by atoms with Gasteiger partial charge in [-0.1, -0.05) is 29.8 Å². The van der Waals surface area contributed by atoms with Crippen LogP contribution in [0.15, 0.2) is 55.0 Å². The molecule has 7 nitrogen and oxygen atoms in total. The molecule has 0 spiro atoms. The molecule has 0 saturated carbocycles. The molecule has 1 aliphatic heterocycles. The molecular formula is C20H23ClN6O. The van der Waals surface area contributed by atoms with E-state index in [1.807, 2.05) is 36.4 Å². The van der Waals surface area contributed by atoms with Crippen molar-refractivity contribution in [1.29, 1.82) is 0 Å². The monoisotopic (exact) mass is 398 g/mol. The van der Waals surface area contributed by atoms with Crippen LogP contribution in [0.1, 0.15) is 31.6 Å². The maximum Gasteiger partial charge on any atom is 0.136 e. The van der Waals surface area contributed by atoms with Gasteiger partial charge in [-0.15, -0.1) is 0 Å². The van der Waals surface area contributed by atoms with Crippen molar-refractivity contribution in [2.75, 3.05) is 11.9 Å². The van der Waals surface area contributed by atoms with Crippen molar-refractivity contribution in [2.24, 2.45) is 0 Å². The second kappa shape index (κ2) is 8.26. The highest BCUT2D eigenvalue weighted by Crippen LogP contribution is 2.31. The van der Waals surface area contributed by atoms with Gasteiger partial charge in [-0.25, -0.2) is 4.98 Å². The van der Waals surface area contributed by atoms with E-state index in [1.54, 1.807) is 23.4 Å². The Morgan fingerprint density at radius 2 is 1.96 bits per heavy atom. The number of hydrogen-bond acceptors (Lipinski definition) is 6. The maximum atomic E-state index is 11.2. The molecule has 1 saturated heterocycles. The van der Waals surface area contributed by atoms with E-state index in [0.717, 1.165) is 36.5 Å². The summed E-state index contributed by atoms with van der Waals surface area (Å²) < 4.78 is 0. The van der Waals surface area contributed by atoms with Crippen LogP contribution in [0.25, 0.3) is 5.69 Å². The lowest BCUT2D eigenvalue weighted by molar-refractivity contribution is -0.0416. The van der Waals surface area contributed by atoms with Crippen molar-refractivity contribution in [3.8, 4) is 5.69 Å². The Hall–Kier alpha value is -2.48. The summed E-state index contributed by atoms with van der Waals surface area (Å²) in [5, 5.41) is 23.7. The summed E-state index contributed by atoms with van der Waals surface area (Å²) >= 11 is 5.93. The zero-order chi connectivity index (χ0) is 19.5. The van der Waals surface area contributed by atoms with Crippen LogP contribution in [-0.4, -0.2) is 48.6 Å². The number of piperidine rings is 1. The van der Waals surface area contributed by atoms with E-state index < -0.39 is 6.23 Å². The number of anilines is 1. The highest BCUT2D eigenvalue weighted by Gasteiger charge is 2.33. The first kappa shape index (κ1) is 18.9. The molecule has 3 heterocycles. The summed E-state index contributed by atoms with van der Waals surface area (Å²) in [6.45, 7) is 2.94. The third-order valence-corrected chi connectivity index (χ3v) is 5.48. The van der Waals surface area contributed by atoms with Crippen molar-refractivity contribution in [3.63, 3.8) is 0 Å². The first-order valence-electron chi connectivity index (χ1n) is 9.41. The van der Waals surface area contributed by atoms with Gasteiger partial charge >= 0.3 is 0 Å². The number of para-hydroxylation sites is 1. The Morgan fingerprint density at radius 3 is 2.71 bits per heavy atom. The molecule has 0 radical (unpaired) electrons. The largest absolute Gasteiger partial charge is 0.374 e. The Kier molecular flexibility index (Phi) is 5.57. The average Bonchev–Trinajstić information content (AvgIpc) is 3.25. The fourth-order valence-corrected chi connectivity index (χ4v) is 3.88. The number of hydrogen-bond donors (Lipinski definition) is 2. The smallest absolute Gasteiger partial charge is 0.136 e. The van der Waals surface area contributed by atoms with Crippen LogP contribution < -0.4 is 5.32 Å². The van der Waals surface area contributed by atoms with Crippen LogP contribution >= 0.6 is 11.6 Å². The fourth-order valence-electron chi connectivity index (χ4n) is 3.77. The van der Waals surface area contributed by atoms with Gasteiger partial charge in [0.1, 0.15) is 12.0 Å². The number of aliphatic hydroxyl groups excluding tert-OH is 1. The third kappa shape index (κ3) is 3.87. The van der Waals surface area contributed by atoms with E-state index in [2.05, 4.69) is 32.3 Å². The van der Waals surface area contributed by atoms with Crippen LogP contribution in [0.5, 0.6) is 0 Å². The predicted octanol–water partition coefficient (Wildman–Crippen LogP) is 3.27. The van der Waals surface area contributed by atoms with Gasteiger partial charge in [0.2, 0.25) is 0 Å². The van der Waals surface area contributed by atoms with Crippen molar-refractivity contribution in [3.05, 3.63) is 65.6 Å². The summed E-state index contributed by atoms with van der Waals surface area (Å²) in [7, 11) is 0. The Balaban J connectivity index is 1.55. The molecule has 0 amide bonds. The molecule has 2 N–H and O–H groups in total. The van der Waals surface area contributed by atoms with Crippen molar-refractivity contribution in [2.45, 2.75) is 38.1 Å². The number of nitrogens with zero attached hydrogens (tertiary/aromatic N) is 5. The number of likely N-dealkylation sites (tertiary alicyclic amines) is 1. The number of pyridine rings is 1. The molecular weight excluding hydrogens is 376 g/mol. The minimum absolute atomic E-state index is 0.111. The molecule has 8 heteroatoms. The molecule has 1 aliphatic rings. The molecule has 4 rings (SSSR count). The van der Waals surface area contributed by atoms with E-state index in [9.17, 15) is 5.11 Å². The molecule has 28 heavy (non-hydrogen) atoms. The van der Waals surface area contributed by atoms with E-state index >= 15 is 0 Å². The normalized spacial score (nSPS) is 21.4. The minimum Gasteiger partial charge on any atom is -0.374 e. The summed E-state index contributed by atoms with van der Waals surface area (Å²) in [5.41, 5.74) is 1.57. The average molecular weight is 399 g/mol. The molecule has 3 aromatic rings. The van der Waals surface area contributed by atoms with Gasteiger partial charge in [0.15, 0.2) is 0 Å². The van der Waals surface area contributed by atoms with Crippen LogP contribution in [-0.2, 0) is 0 Å². The second-order valence-corrected chi connectivity index (χ2v) is 7.42. The molecule has 0 aliphatic carbocycles. The summed E-state index contributed by atoms with van der Waals surface area (Å²) in [4.78, 5) is 7.99. The first-order chi connectivity index (χ1) is 13.6. The van der Waals surface area contributed by atoms with E-state index in [0.29, 0.717) is 5.02 Å². The van der Waals surface area contributed by atoms with Crippen molar-refractivity contribution in [1.82, 2.24) is 24.9 Å². The zero-order valence-electron chi connectivity index (χ0n) is 15.6. The summed E-state index contributed by atoms with van der Waals surface area (Å²) in [6.07, 6.45) is 6.14. The van der Waals surface area contributed by atoms with Crippen LogP contribution in [0.4, 0.5) is 5.82 Å². The molecule has 1 fully saturated rings. The Morgan fingerprint density at radius 1 is 1.18 bits per heavy atom. The van der Waals surface area contributed by atoms with Gasteiger partial charge in [-0.3, -0.25) is 4.90 Å². The molecule has 0 bridgehead atoms. The van der Waals surface area contributed by atoms with E-state index in [1.165, 1.54) is 0 Å². The van der Waals surface area contributed by atoms with Gasteiger partial charge in [0, 0.05) is 30.4 Å². The van der Waals surface area contributed by atoms with Gasteiger partial charge < -0.3 is 10.4 Å². The lowest BCUT2D eigenvalue weighted by Gasteiger charge is -2.42. The highest BCUT2D eigenvalue weighted by molar-refractivity contribution is 6.30. The van der Waals surface area contributed by atoms with Gasteiger partial charge in [-0.2, -0.15) is 15.0 Å². The van der Waals surface area contributed by atoms with E-state index in [4.69, 9.17) is 11.6 Å². The second-order valence-electron chi connectivity index (χ2n) is 6.98. The van der Waals surface area contributed by atoms with Gasteiger partial charge in [-0.05, 0) is 38.0 Å². The van der Waals surface area contributed by atoms with E-state index in [-0.39, 0.29) is 12.1 Å². The number of aromatic nitrogens is 4. The number of rotatable bonds is 5. The lowest BCUT2D eigenvalue weighted by Crippen LogP contribution is -2.51. The summed E-state index contributed by atoms with van der Waals surface area (Å²) in [5.74, 6) is 0.790. The summed E-state index contributed by atoms with van der Waals surface area (Å²) in [6, 6.07) is 11.7. The standard InChI is InChI=1S/C20H23ClN6O/c1-14-17(25-19-9-8-15(21)13-22-19)6-4-12-26(14)20(28)16-5-2-3-7-18(16)27-23-10-11-24-27/h2-3,5,7-11,13-14,17,20,28H,4,6,12H2,1H3,(H,22,25). The Bertz CT molecular complexity index is 901. The number of benzene rings is 1. The van der Waals surface area contributed by atoms with Crippen molar-refractivity contribution >= 4 is 17.4 Å². The third-order valence-electron chi connectivity index (χ3n) is 5.26. The maximum absolute atomic E-state index is 11.2. The molecule has 146 valence electrons. The predicted molar refractivity (Wildman–Crippen MR) is 108 cm³/mol. The Labute approximate surface area is 169 Å². The molecule has 3 unspecified atom stereocenters. The zero-order valence-corrected chi connectivity index (χ0v) is 16.4. The quantitative estimate of drug-likeness (QED) is 0.686. The topological polar surface area (TPSA) is 79.1 Å². The van der Waals surface area contributed by atoms with Crippen LogP contribution in [0.2, 0.25) is 5.02 Å². The number of nitrogens with one attached hydrogen (secondary N) is 1.